The summed E-state index contributed by atoms with van der Waals surface area (Å²) in [6.07, 6.45) is 2.53. The number of amides is 1. The van der Waals surface area contributed by atoms with Gasteiger partial charge in [0.05, 0.1) is 5.52 Å². The summed E-state index contributed by atoms with van der Waals surface area (Å²) in [5.74, 6) is 0.785. The molecule has 5 nitrogen and oxygen atoms in total. The molecule has 1 aromatic carbocycles. The minimum atomic E-state index is -0.0254. The van der Waals surface area contributed by atoms with E-state index in [0.29, 0.717) is 13.1 Å². The number of benzene rings is 1. The van der Waals surface area contributed by atoms with Crippen LogP contribution in [0.15, 0.2) is 24.5 Å². The number of fused-ring (bicyclic) bond motifs is 1. The normalized spacial score (nSPS) is 10.4. The standard InChI is InChI=1S/C14H18N4O/c1-3-11-4-5-13-12(8-11)14(18-9-17-13)16-7-6-15-10(2)19/h4-5,8-9H,3,6-7H2,1-2H3,(H,15,19)(H,16,17,18). The number of hydrogen-bond acceptors (Lipinski definition) is 4. The van der Waals surface area contributed by atoms with Crippen LogP contribution in [0.5, 0.6) is 0 Å². The molecule has 2 rings (SSSR count). The lowest BCUT2D eigenvalue weighted by Crippen LogP contribution is -2.26. The molecule has 1 aromatic heterocycles. The van der Waals surface area contributed by atoms with Crippen molar-refractivity contribution in [3.63, 3.8) is 0 Å². The topological polar surface area (TPSA) is 66.9 Å². The summed E-state index contributed by atoms with van der Waals surface area (Å²) in [5.41, 5.74) is 2.18. The van der Waals surface area contributed by atoms with E-state index in [1.165, 1.54) is 12.5 Å². The first-order valence-corrected chi connectivity index (χ1v) is 6.42. The van der Waals surface area contributed by atoms with Crippen LogP contribution in [-0.2, 0) is 11.2 Å². The van der Waals surface area contributed by atoms with E-state index in [1.807, 2.05) is 6.07 Å². The number of nitrogens with one attached hydrogen (secondary N) is 2. The van der Waals surface area contributed by atoms with Crippen LogP contribution in [0.2, 0.25) is 0 Å². The molecule has 0 aliphatic rings. The van der Waals surface area contributed by atoms with E-state index in [1.54, 1.807) is 6.33 Å². The average molecular weight is 258 g/mol. The zero-order chi connectivity index (χ0) is 13.7. The van der Waals surface area contributed by atoms with Gasteiger partial charge in [0.25, 0.3) is 0 Å². The molecule has 0 saturated heterocycles. The summed E-state index contributed by atoms with van der Waals surface area (Å²) >= 11 is 0. The van der Waals surface area contributed by atoms with Crippen molar-refractivity contribution in [3.8, 4) is 0 Å². The molecular formula is C14H18N4O. The van der Waals surface area contributed by atoms with Crippen molar-refractivity contribution >= 4 is 22.6 Å². The van der Waals surface area contributed by atoms with Gasteiger partial charge >= 0.3 is 0 Å². The molecule has 0 unspecified atom stereocenters. The van der Waals surface area contributed by atoms with Gasteiger partial charge < -0.3 is 10.6 Å². The Balaban J connectivity index is 2.15. The maximum Gasteiger partial charge on any atom is 0.216 e. The first kappa shape index (κ1) is 13.3. The quantitative estimate of drug-likeness (QED) is 0.802. The van der Waals surface area contributed by atoms with E-state index in [9.17, 15) is 4.79 Å². The van der Waals surface area contributed by atoms with Crippen LogP contribution in [-0.4, -0.2) is 29.0 Å². The Morgan fingerprint density at radius 1 is 1.26 bits per heavy atom. The van der Waals surface area contributed by atoms with E-state index in [2.05, 4.69) is 39.7 Å². The lowest BCUT2D eigenvalue weighted by molar-refractivity contribution is -0.118. The molecule has 1 heterocycles. The molecule has 2 N–H and O–H groups in total. The number of nitrogens with zero attached hydrogens (tertiary/aromatic N) is 2. The zero-order valence-corrected chi connectivity index (χ0v) is 11.2. The second-order valence-corrected chi connectivity index (χ2v) is 4.34. The van der Waals surface area contributed by atoms with E-state index in [-0.39, 0.29) is 5.91 Å². The van der Waals surface area contributed by atoms with Gasteiger partial charge in [0.15, 0.2) is 0 Å². The van der Waals surface area contributed by atoms with Crippen molar-refractivity contribution in [2.45, 2.75) is 20.3 Å². The molecule has 2 aromatic rings. The van der Waals surface area contributed by atoms with Crippen molar-refractivity contribution in [1.82, 2.24) is 15.3 Å². The van der Waals surface area contributed by atoms with Crippen LogP contribution >= 0.6 is 0 Å². The molecule has 1 amide bonds. The highest BCUT2D eigenvalue weighted by Crippen LogP contribution is 2.20. The van der Waals surface area contributed by atoms with Crippen LogP contribution < -0.4 is 10.6 Å². The average Bonchev–Trinajstić information content (AvgIpc) is 2.43. The van der Waals surface area contributed by atoms with Crippen molar-refractivity contribution < 1.29 is 4.79 Å². The summed E-state index contributed by atoms with van der Waals surface area (Å²) in [4.78, 5) is 19.3. The van der Waals surface area contributed by atoms with Crippen molar-refractivity contribution in [2.75, 3.05) is 18.4 Å². The minimum Gasteiger partial charge on any atom is -0.368 e. The van der Waals surface area contributed by atoms with Gasteiger partial charge in [-0.1, -0.05) is 13.0 Å². The Morgan fingerprint density at radius 3 is 2.84 bits per heavy atom. The van der Waals surface area contributed by atoms with Crippen LogP contribution in [0.4, 0.5) is 5.82 Å². The summed E-state index contributed by atoms with van der Waals surface area (Å²) in [7, 11) is 0. The minimum absolute atomic E-state index is 0.0254. The fourth-order valence-electron chi connectivity index (χ4n) is 1.88. The van der Waals surface area contributed by atoms with Gasteiger partial charge in [-0.3, -0.25) is 4.79 Å². The molecule has 0 saturated carbocycles. The Hall–Kier alpha value is -2.17. The Bertz CT molecular complexity index is 583. The predicted molar refractivity (Wildman–Crippen MR) is 76.1 cm³/mol. The molecule has 0 aliphatic heterocycles. The number of aryl methyl sites for hydroxylation is 1. The highest BCUT2D eigenvalue weighted by Gasteiger charge is 2.03. The summed E-state index contributed by atoms with van der Waals surface area (Å²) in [5, 5.41) is 6.99. The third-order valence-corrected chi connectivity index (χ3v) is 2.90. The summed E-state index contributed by atoms with van der Waals surface area (Å²) in [6.45, 7) is 4.85. The molecule has 0 radical (unpaired) electrons. The highest BCUT2D eigenvalue weighted by atomic mass is 16.1. The van der Waals surface area contributed by atoms with E-state index in [4.69, 9.17) is 0 Å². The van der Waals surface area contributed by atoms with Gasteiger partial charge in [-0.05, 0) is 24.1 Å². The highest BCUT2D eigenvalue weighted by molar-refractivity contribution is 5.89. The summed E-state index contributed by atoms with van der Waals surface area (Å²) in [6, 6.07) is 6.20. The molecular weight excluding hydrogens is 240 g/mol. The molecule has 0 atom stereocenters. The third kappa shape index (κ3) is 3.40. The Labute approximate surface area is 112 Å². The molecule has 0 spiro atoms. The van der Waals surface area contributed by atoms with Gasteiger partial charge in [0.1, 0.15) is 12.1 Å². The summed E-state index contributed by atoms with van der Waals surface area (Å²) < 4.78 is 0. The number of carbonyl (C=O) groups is 1. The van der Waals surface area contributed by atoms with Gasteiger partial charge in [-0.2, -0.15) is 0 Å². The van der Waals surface area contributed by atoms with E-state index in [0.717, 1.165) is 23.1 Å². The van der Waals surface area contributed by atoms with E-state index < -0.39 is 0 Å². The van der Waals surface area contributed by atoms with Crippen molar-refractivity contribution in [3.05, 3.63) is 30.1 Å². The Kier molecular flexibility index (Phi) is 4.28. The molecule has 19 heavy (non-hydrogen) atoms. The third-order valence-electron chi connectivity index (χ3n) is 2.90. The van der Waals surface area contributed by atoms with Crippen LogP contribution in [0.25, 0.3) is 10.9 Å². The molecule has 0 fully saturated rings. The Morgan fingerprint density at radius 2 is 2.11 bits per heavy atom. The zero-order valence-electron chi connectivity index (χ0n) is 11.2. The van der Waals surface area contributed by atoms with Crippen LogP contribution in [0.1, 0.15) is 19.4 Å². The molecule has 0 aliphatic carbocycles. The molecule has 5 heteroatoms. The van der Waals surface area contributed by atoms with Gasteiger partial charge in [0.2, 0.25) is 5.91 Å². The second-order valence-electron chi connectivity index (χ2n) is 4.34. The van der Waals surface area contributed by atoms with Gasteiger partial charge in [-0.15, -0.1) is 0 Å². The monoisotopic (exact) mass is 258 g/mol. The molecule has 0 bridgehead atoms. The SMILES string of the molecule is CCc1ccc2ncnc(NCCNC(C)=O)c2c1. The number of hydrogen-bond donors (Lipinski definition) is 2. The fourth-order valence-corrected chi connectivity index (χ4v) is 1.88. The first-order valence-electron chi connectivity index (χ1n) is 6.42. The lowest BCUT2D eigenvalue weighted by atomic mass is 10.1. The van der Waals surface area contributed by atoms with Crippen LogP contribution in [0, 0.1) is 0 Å². The maximum absolute atomic E-state index is 10.8. The smallest absolute Gasteiger partial charge is 0.216 e. The van der Waals surface area contributed by atoms with Gasteiger partial charge in [0, 0.05) is 25.4 Å². The van der Waals surface area contributed by atoms with Crippen molar-refractivity contribution in [2.24, 2.45) is 0 Å². The van der Waals surface area contributed by atoms with Crippen LogP contribution in [0.3, 0.4) is 0 Å². The maximum atomic E-state index is 10.8. The molecule has 100 valence electrons. The number of carbonyl (C=O) groups excluding carboxylic acids is 1. The van der Waals surface area contributed by atoms with E-state index >= 15 is 0 Å². The first-order chi connectivity index (χ1) is 9.20. The predicted octanol–water partition coefficient (Wildman–Crippen LogP) is 1.74. The number of anilines is 1. The van der Waals surface area contributed by atoms with Crippen molar-refractivity contribution in [1.29, 1.82) is 0 Å². The number of rotatable bonds is 5. The van der Waals surface area contributed by atoms with Gasteiger partial charge in [-0.25, -0.2) is 9.97 Å². The fraction of sp³-hybridized carbons (Fsp3) is 0.357. The lowest BCUT2D eigenvalue weighted by Gasteiger charge is -2.09. The number of aromatic nitrogens is 2. The largest absolute Gasteiger partial charge is 0.368 e. The second kappa shape index (κ2) is 6.13.